The van der Waals surface area contributed by atoms with Gasteiger partial charge in [-0.25, -0.2) is 12.8 Å². The number of carbonyl (C=O) groups is 1. The molecule has 6 nitrogen and oxygen atoms in total. The molecule has 20 heavy (non-hydrogen) atoms. The normalized spacial score (nSPS) is 23.9. The Morgan fingerprint density at radius 3 is 2.50 bits per heavy atom. The van der Waals surface area contributed by atoms with Crippen LogP contribution in [0.15, 0.2) is 24.3 Å². The van der Waals surface area contributed by atoms with Crippen LogP contribution in [0.4, 0.5) is 4.39 Å². The van der Waals surface area contributed by atoms with Gasteiger partial charge in [-0.1, -0.05) is 12.1 Å². The molecule has 0 spiro atoms. The number of nitrogens with zero attached hydrogens (tertiary/aromatic N) is 1. The second-order valence-electron chi connectivity index (χ2n) is 4.70. The first kappa shape index (κ1) is 14.9. The number of benzene rings is 1. The molecule has 1 fully saturated rings. The average Bonchev–Trinajstić information content (AvgIpc) is 2.75. The van der Waals surface area contributed by atoms with Crippen molar-refractivity contribution in [3.8, 4) is 0 Å². The van der Waals surface area contributed by atoms with E-state index >= 15 is 0 Å². The predicted octanol–water partition coefficient (Wildman–Crippen LogP) is 0.175. The molecule has 1 aromatic carbocycles. The Hall–Kier alpha value is -1.51. The Kier molecular flexibility index (Phi) is 4.07. The quantitative estimate of drug-likeness (QED) is 0.827. The van der Waals surface area contributed by atoms with E-state index in [1.165, 1.54) is 12.1 Å². The summed E-state index contributed by atoms with van der Waals surface area (Å²) in [7, 11) is -3.88. The van der Waals surface area contributed by atoms with Crippen molar-refractivity contribution in [1.82, 2.24) is 4.31 Å². The largest absolute Gasteiger partial charge is 0.480 e. The van der Waals surface area contributed by atoms with Gasteiger partial charge in [0.1, 0.15) is 11.9 Å². The van der Waals surface area contributed by atoms with Crippen molar-refractivity contribution in [1.29, 1.82) is 0 Å². The van der Waals surface area contributed by atoms with E-state index < -0.39 is 39.7 Å². The SMILES string of the molecule is O=C(O)[C@@H]1C[C@H](O)CN1S(=O)(=O)Cc1ccc(F)cc1. The third kappa shape index (κ3) is 3.14. The first-order chi connectivity index (χ1) is 9.29. The summed E-state index contributed by atoms with van der Waals surface area (Å²) in [6.45, 7) is -0.236. The van der Waals surface area contributed by atoms with Crippen LogP contribution in [0.5, 0.6) is 0 Å². The molecule has 1 aromatic rings. The molecule has 2 atom stereocenters. The van der Waals surface area contributed by atoms with Gasteiger partial charge < -0.3 is 10.2 Å². The molecule has 110 valence electrons. The average molecular weight is 303 g/mol. The van der Waals surface area contributed by atoms with Gasteiger partial charge in [-0.15, -0.1) is 0 Å². The van der Waals surface area contributed by atoms with Gasteiger partial charge in [-0.3, -0.25) is 4.79 Å². The summed E-state index contributed by atoms with van der Waals surface area (Å²) in [4.78, 5) is 11.0. The maximum atomic E-state index is 12.8. The van der Waals surface area contributed by atoms with Crippen LogP contribution < -0.4 is 0 Å². The highest BCUT2D eigenvalue weighted by Crippen LogP contribution is 2.24. The van der Waals surface area contributed by atoms with Crippen molar-refractivity contribution in [3.05, 3.63) is 35.6 Å². The Morgan fingerprint density at radius 1 is 1.35 bits per heavy atom. The zero-order valence-electron chi connectivity index (χ0n) is 10.4. The van der Waals surface area contributed by atoms with Gasteiger partial charge >= 0.3 is 5.97 Å². The molecule has 0 aromatic heterocycles. The lowest BCUT2D eigenvalue weighted by molar-refractivity contribution is -0.140. The van der Waals surface area contributed by atoms with E-state index in [0.29, 0.717) is 5.56 Å². The second-order valence-corrected chi connectivity index (χ2v) is 6.62. The Morgan fingerprint density at radius 2 is 1.95 bits per heavy atom. The van der Waals surface area contributed by atoms with Crippen molar-refractivity contribution < 1.29 is 27.8 Å². The van der Waals surface area contributed by atoms with Gasteiger partial charge in [0.25, 0.3) is 0 Å². The van der Waals surface area contributed by atoms with Crippen LogP contribution in [0, 0.1) is 5.82 Å². The number of rotatable bonds is 4. The molecular weight excluding hydrogens is 289 g/mol. The monoisotopic (exact) mass is 303 g/mol. The summed E-state index contributed by atoms with van der Waals surface area (Å²) in [6, 6.07) is 3.68. The molecule has 2 rings (SSSR count). The lowest BCUT2D eigenvalue weighted by Gasteiger charge is -2.20. The molecule has 0 saturated carbocycles. The third-order valence-electron chi connectivity index (χ3n) is 3.14. The van der Waals surface area contributed by atoms with Crippen LogP contribution in [0.2, 0.25) is 0 Å². The predicted molar refractivity (Wildman–Crippen MR) is 67.8 cm³/mol. The van der Waals surface area contributed by atoms with Gasteiger partial charge in [-0.2, -0.15) is 4.31 Å². The summed E-state index contributed by atoms with van der Waals surface area (Å²) in [5, 5.41) is 18.5. The van der Waals surface area contributed by atoms with Gasteiger partial charge in [0.05, 0.1) is 11.9 Å². The number of aliphatic carboxylic acids is 1. The standard InChI is InChI=1S/C12H14FNO5S/c13-9-3-1-8(2-4-9)7-20(18,19)14-6-10(15)5-11(14)12(16)17/h1-4,10-11,15H,5-7H2,(H,16,17)/t10-,11-/m0/s1. The molecule has 0 unspecified atom stereocenters. The fourth-order valence-corrected chi connectivity index (χ4v) is 3.93. The van der Waals surface area contributed by atoms with Crippen molar-refractivity contribution in [2.75, 3.05) is 6.54 Å². The first-order valence-electron chi connectivity index (χ1n) is 5.94. The number of hydrogen-bond acceptors (Lipinski definition) is 4. The minimum atomic E-state index is -3.88. The van der Waals surface area contributed by atoms with Crippen molar-refractivity contribution in [2.24, 2.45) is 0 Å². The summed E-state index contributed by atoms with van der Waals surface area (Å²) >= 11 is 0. The minimum absolute atomic E-state index is 0.127. The number of carboxylic acid groups (broad SMARTS) is 1. The number of sulfonamides is 1. The second kappa shape index (κ2) is 5.47. The van der Waals surface area contributed by atoms with E-state index in [-0.39, 0.29) is 13.0 Å². The van der Waals surface area contributed by atoms with Gasteiger partial charge in [0.2, 0.25) is 10.0 Å². The number of aliphatic hydroxyl groups is 1. The summed E-state index contributed by atoms with van der Waals surface area (Å²) in [6.07, 6.45) is -1.11. The maximum absolute atomic E-state index is 12.8. The van der Waals surface area contributed by atoms with Crippen LogP contribution in [0.1, 0.15) is 12.0 Å². The van der Waals surface area contributed by atoms with Crippen molar-refractivity contribution in [3.63, 3.8) is 0 Å². The van der Waals surface area contributed by atoms with Crippen LogP contribution in [0.25, 0.3) is 0 Å². The highest BCUT2D eigenvalue weighted by molar-refractivity contribution is 7.88. The maximum Gasteiger partial charge on any atom is 0.322 e. The lowest BCUT2D eigenvalue weighted by Crippen LogP contribution is -2.41. The number of aliphatic hydroxyl groups excluding tert-OH is 1. The Bertz CT molecular complexity index is 601. The van der Waals surface area contributed by atoms with Gasteiger partial charge in [-0.05, 0) is 17.7 Å². The summed E-state index contributed by atoms with van der Waals surface area (Å²) in [5.74, 6) is -2.19. The smallest absolute Gasteiger partial charge is 0.322 e. The number of halogens is 1. The molecule has 1 heterocycles. The van der Waals surface area contributed by atoms with E-state index in [2.05, 4.69) is 0 Å². The van der Waals surface area contributed by atoms with Crippen molar-refractivity contribution in [2.45, 2.75) is 24.3 Å². The molecule has 1 aliphatic rings. The first-order valence-corrected chi connectivity index (χ1v) is 7.55. The van der Waals surface area contributed by atoms with Gasteiger partial charge in [0.15, 0.2) is 0 Å². The molecular formula is C12H14FNO5S. The minimum Gasteiger partial charge on any atom is -0.480 e. The van der Waals surface area contributed by atoms with Crippen LogP contribution >= 0.6 is 0 Å². The van der Waals surface area contributed by atoms with Crippen LogP contribution in [0.3, 0.4) is 0 Å². The Balaban J connectivity index is 2.21. The molecule has 0 radical (unpaired) electrons. The lowest BCUT2D eigenvalue weighted by atomic mass is 10.2. The molecule has 8 heteroatoms. The fraction of sp³-hybridized carbons (Fsp3) is 0.417. The molecule has 2 N–H and O–H groups in total. The highest BCUT2D eigenvalue weighted by Gasteiger charge is 2.42. The van der Waals surface area contributed by atoms with E-state index in [1.807, 2.05) is 0 Å². The number of carboxylic acids is 1. The highest BCUT2D eigenvalue weighted by atomic mass is 32.2. The molecule has 1 saturated heterocycles. The third-order valence-corrected chi connectivity index (χ3v) is 4.95. The topological polar surface area (TPSA) is 94.9 Å². The van der Waals surface area contributed by atoms with Crippen LogP contribution in [-0.4, -0.2) is 47.6 Å². The van der Waals surface area contributed by atoms with E-state index in [9.17, 15) is 22.7 Å². The molecule has 0 aliphatic carbocycles. The number of β-amino-alcohol motifs (C(OH)–C–C–N with tert-alkyl or cyclic N) is 1. The zero-order chi connectivity index (χ0) is 14.9. The van der Waals surface area contributed by atoms with Crippen molar-refractivity contribution >= 4 is 16.0 Å². The zero-order valence-corrected chi connectivity index (χ0v) is 11.3. The van der Waals surface area contributed by atoms with Gasteiger partial charge in [0, 0.05) is 13.0 Å². The van der Waals surface area contributed by atoms with Crippen LogP contribution in [-0.2, 0) is 20.6 Å². The summed E-state index contributed by atoms with van der Waals surface area (Å²) < 4.78 is 38.0. The fourth-order valence-electron chi connectivity index (χ4n) is 2.19. The number of hydrogen-bond donors (Lipinski definition) is 2. The Labute approximate surface area is 115 Å². The molecule has 1 aliphatic heterocycles. The van der Waals surface area contributed by atoms with E-state index in [0.717, 1.165) is 16.4 Å². The van der Waals surface area contributed by atoms with E-state index in [1.54, 1.807) is 0 Å². The summed E-state index contributed by atoms with van der Waals surface area (Å²) in [5.41, 5.74) is 0.358. The molecule has 0 amide bonds. The molecule has 0 bridgehead atoms. The van der Waals surface area contributed by atoms with E-state index in [4.69, 9.17) is 5.11 Å².